The highest BCUT2D eigenvalue weighted by Gasteiger charge is 2.15. The van der Waals surface area contributed by atoms with Gasteiger partial charge in [0.15, 0.2) is 0 Å². The minimum Gasteiger partial charge on any atom is -0.472 e. The second kappa shape index (κ2) is 5.09. The van der Waals surface area contributed by atoms with E-state index in [1.54, 1.807) is 19.5 Å². The summed E-state index contributed by atoms with van der Waals surface area (Å²) in [5.74, 6) is -0.117. The van der Waals surface area contributed by atoms with Gasteiger partial charge in [-0.3, -0.25) is 4.79 Å². The highest BCUT2D eigenvalue weighted by atomic mass is 32.1. The van der Waals surface area contributed by atoms with Crippen molar-refractivity contribution in [3.05, 3.63) is 34.7 Å². The van der Waals surface area contributed by atoms with Crippen molar-refractivity contribution in [2.24, 2.45) is 0 Å². The molecule has 0 spiro atoms. The number of aromatic nitrogens is 2. The van der Waals surface area contributed by atoms with Gasteiger partial charge in [0.05, 0.1) is 18.2 Å². The molecule has 1 N–H and O–H groups in total. The first-order valence-electron chi connectivity index (χ1n) is 5.27. The van der Waals surface area contributed by atoms with Gasteiger partial charge in [-0.05, 0) is 43.4 Å². The Labute approximate surface area is 103 Å². The molecule has 2 rings (SSSR count). The lowest BCUT2D eigenvalue weighted by atomic mass is 10.1. The van der Waals surface area contributed by atoms with E-state index in [-0.39, 0.29) is 11.9 Å². The Morgan fingerprint density at radius 1 is 1.65 bits per heavy atom. The van der Waals surface area contributed by atoms with Crippen molar-refractivity contribution in [1.82, 2.24) is 14.9 Å². The number of rotatable bonds is 4. The van der Waals surface area contributed by atoms with Crippen LogP contribution >= 0.6 is 11.5 Å². The number of amides is 1. The van der Waals surface area contributed by atoms with E-state index in [9.17, 15) is 4.79 Å². The quantitative estimate of drug-likeness (QED) is 0.899. The van der Waals surface area contributed by atoms with Gasteiger partial charge in [-0.2, -0.15) is 0 Å². The molecule has 5 nitrogen and oxygen atoms in total. The first-order valence-corrected chi connectivity index (χ1v) is 6.05. The first kappa shape index (κ1) is 11.8. The molecule has 0 aliphatic rings. The predicted octanol–water partition coefficient (Wildman–Crippen LogP) is 1.80. The fourth-order valence-corrected chi connectivity index (χ4v) is 2.10. The van der Waals surface area contributed by atoms with E-state index in [0.717, 1.165) is 23.5 Å². The second-order valence-corrected chi connectivity index (χ2v) is 4.65. The predicted molar refractivity (Wildman–Crippen MR) is 64.0 cm³/mol. The van der Waals surface area contributed by atoms with Crippen LogP contribution in [0.4, 0.5) is 0 Å². The number of aryl methyl sites for hydroxylation is 1. The molecular weight excluding hydrogens is 238 g/mol. The Balaban J connectivity index is 1.93. The molecule has 0 bridgehead atoms. The number of nitrogens with one attached hydrogen (secondary N) is 1. The summed E-state index contributed by atoms with van der Waals surface area (Å²) in [6, 6.07) is 1.93. The zero-order valence-electron chi connectivity index (χ0n) is 9.64. The third-order valence-corrected chi connectivity index (χ3v) is 3.18. The fraction of sp³-hybridized carbons (Fsp3) is 0.364. The van der Waals surface area contributed by atoms with Crippen LogP contribution < -0.4 is 5.32 Å². The lowest BCUT2D eigenvalue weighted by Crippen LogP contribution is -2.33. The lowest BCUT2D eigenvalue weighted by molar-refractivity contribution is 0.0943. The minimum atomic E-state index is -0.117. The number of furan rings is 1. The van der Waals surface area contributed by atoms with Gasteiger partial charge in [-0.1, -0.05) is 4.49 Å². The molecule has 0 aliphatic carbocycles. The molecule has 0 fully saturated rings. The van der Waals surface area contributed by atoms with Crippen LogP contribution in [0.15, 0.2) is 23.0 Å². The number of carbonyl (C=O) groups is 1. The number of hydrogen-bond donors (Lipinski definition) is 1. The maximum atomic E-state index is 11.9. The van der Waals surface area contributed by atoms with Crippen LogP contribution in [0.5, 0.6) is 0 Å². The molecule has 0 unspecified atom stereocenters. The van der Waals surface area contributed by atoms with Crippen LogP contribution in [0.1, 0.15) is 27.9 Å². The normalized spacial score (nSPS) is 12.4. The monoisotopic (exact) mass is 251 g/mol. The van der Waals surface area contributed by atoms with E-state index in [1.807, 2.05) is 13.0 Å². The van der Waals surface area contributed by atoms with Gasteiger partial charge in [0.25, 0.3) is 5.91 Å². The van der Waals surface area contributed by atoms with E-state index in [4.69, 9.17) is 4.42 Å². The van der Waals surface area contributed by atoms with Crippen molar-refractivity contribution in [2.75, 3.05) is 0 Å². The zero-order chi connectivity index (χ0) is 12.3. The van der Waals surface area contributed by atoms with Gasteiger partial charge in [-0.15, -0.1) is 5.10 Å². The Hall–Kier alpha value is -1.69. The molecule has 1 atom stereocenters. The van der Waals surface area contributed by atoms with E-state index in [2.05, 4.69) is 14.9 Å². The molecule has 0 aliphatic heterocycles. The van der Waals surface area contributed by atoms with E-state index in [1.165, 1.54) is 0 Å². The highest BCUT2D eigenvalue weighted by molar-refractivity contribution is 7.07. The molecule has 0 saturated heterocycles. The van der Waals surface area contributed by atoms with E-state index >= 15 is 0 Å². The van der Waals surface area contributed by atoms with Crippen LogP contribution in [0.3, 0.4) is 0 Å². The van der Waals surface area contributed by atoms with Crippen molar-refractivity contribution in [2.45, 2.75) is 26.3 Å². The van der Waals surface area contributed by atoms with Gasteiger partial charge in [0.2, 0.25) is 0 Å². The molecule has 0 aromatic carbocycles. The summed E-state index contributed by atoms with van der Waals surface area (Å²) in [7, 11) is 0. The van der Waals surface area contributed by atoms with Gasteiger partial charge in [-0.25, -0.2) is 0 Å². The molecule has 90 valence electrons. The van der Waals surface area contributed by atoms with Crippen LogP contribution in [-0.4, -0.2) is 21.5 Å². The molecule has 0 saturated carbocycles. The van der Waals surface area contributed by atoms with Gasteiger partial charge in [0.1, 0.15) is 4.88 Å². The number of nitrogens with zero attached hydrogens (tertiary/aromatic N) is 2. The Morgan fingerprint density at radius 3 is 3.06 bits per heavy atom. The molecule has 1 amide bonds. The SMILES string of the molecule is Cc1nnsc1C(=O)N[C@H](C)Cc1ccoc1. The maximum absolute atomic E-state index is 11.9. The third kappa shape index (κ3) is 2.91. The fourth-order valence-electron chi connectivity index (χ4n) is 1.54. The Morgan fingerprint density at radius 2 is 2.47 bits per heavy atom. The Kier molecular flexibility index (Phi) is 3.53. The summed E-state index contributed by atoms with van der Waals surface area (Å²) >= 11 is 1.12. The summed E-state index contributed by atoms with van der Waals surface area (Å²) < 4.78 is 8.72. The van der Waals surface area contributed by atoms with Crippen LogP contribution in [0, 0.1) is 6.92 Å². The van der Waals surface area contributed by atoms with Gasteiger partial charge >= 0.3 is 0 Å². The highest BCUT2D eigenvalue weighted by Crippen LogP contribution is 2.10. The molecule has 2 aromatic rings. The van der Waals surface area contributed by atoms with Crippen molar-refractivity contribution in [3.63, 3.8) is 0 Å². The minimum absolute atomic E-state index is 0.0431. The van der Waals surface area contributed by atoms with E-state index < -0.39 is 0 Å². The van der Waals surface area contributed by atoms with Crippen molar-refractivity contribution >= 4 is 17.4 Å². The summed E-state index contributed by atoms with van der Waals surface area (Å²) in [5, 5.41) is 6.72. The topological polar surface area (TPSA) is 68.0 Å². The maximum Gasteiger partial charge on any atom is 0.265 e. The van der Waals surface area contributed by atoms with E-state index in [0.29, 0.717) is 10.6 Å². The summed E-state index contributed by atoms with van der Waals surface area (Å²) in [5.41, 5.74) is 1.74. The Bertz CT molecular complexity index is 493. The smallest absolute Gasteiger partial charge is 0.265 e. The zero-order valence-corrected chi connectivity index (χ0v) is 10.5. The van der Waals surface area contributed by atoms with Gasteiger partial charge < -0.3 is 9.73 Å². The molecule has 0 radical (unpaired) electrons. The second-order valence-electron chi connectivity index (χ2n) is 3.90. The van der Waals surface area contributed by atoms with Crippen LogP contribution in [0.2, 0.25) is 0 Å². The van der Waals surface area contributed by atoms with Crippen molar-refractivity contribution in [3.8, 4) is 0 Å². The average Bonchev–Trinajstić information content (AvgIpc) is 2.88. The summed E-state index contributed by atoms with van der Waals surface area (Å²) in [6.45, 7) is 3.73. The lowest BCUT2D eigenvalue weighted by Gasteiger charge is -2.11. The standard InChI is InChI=1S/C11H13N3O2S/c1-7(5-9-3-4-16-6-9)12-11(15)10-8(2)13-14-17-10/h3-4,6-7H,5H2,1-2H3,(H,12,15)/t7-/m1/s1. The molecule has 17 heavy (non-hydrogen) atoms. The molecular formula is C11H13N3O2S. The van der Waals surface area contributed by atoms with Crippen molar-refractivity contribution in [1.29, 1.82) is 0 Å². The molecule has 2 aromatic heterocycles. The van der Waals surface area contributed by atoms with Crippen LogP contribution in [-0.2, 0) is 6.42 Å². The first-order chi connectivity index (χ1) is 8.16. The summed E-state index contributed by atoms with van der Waals surface area (Å²) in [6.07, 6.45) is 4.05. The van der Waals surface area contributed by atoms with Crippen LogP contribution in [0.25, 0.3) is 0 Å². The average molecular weight is 251 g/mol. The summed E-state index contributed by atoms with van der Waals surface area (Å²) in [4.78, 5) is 12.4. The number of carbonyl (C=O) groups excluding carboxylic acids is 1. The largest absolute Gasteiger partial charge is 0.472 e. The molecule has 6 heteroatoms. The number of hydrogen-bond acceptors (Lipinski definition) is 5. The van der Waals surface area contributed by atoms with Gasteiger partial charge in [0, 0.05) is 6.04 Å². The molecule has 2 heterocycles. The third-order valence-electron chi connectivity index (χ3n) is 2.36. The van der Waals surface area contributed by atoms with Crippen molar-refractivity contribution < 1.29 is 9.21 Å².